The number of esters is 1. The van der Waals surface area contributed by atoms with Crippen molar-refractivity contribution in [1.82, 2.24) is 5.32 Å². The fourth-order valence-electron chi connectivity index (χ4n) is 1.03. The van der Waals surface area contributed by atoms with Crippen LogP contribution >= 0.6 is 11.8 Å². The molecular formula is C11H23NO2S. The van der Waals surface area contributed by atoms with Crippen LogP contribution in [-0.4, -0.2) is 36.2 Å². The van der Waals surface area contributed by atoms with Crippen molar-refractivity contribution < 1.29 is 9.53 Å². The molecule has 0 radical (unpaired) electrons. The number of thioether (sulfide) groups is 1. The molecule has 0 spiro atoms. The summed E-state index contributed by atoms with van der Waals surface area (Å²) in [4.78, 5) is 11.3. The fraction of sp³-hybridized carbons (Fsp3) is 0.909. The van der Waals surface area contributed by atoms with Gasteiger partial charge in [0.05, 0.1) is 6.54 Å². The maximum atomic E-state index is 11.3. The Morgan fingerprint density at radius 3 is 2.53 bits per heavy atom. The Labute approximate surface area is 97.3 Å². The molecule has 0 saturated heterocycles. The van der Waals surface area contributed by atoms with Crippen molar-refractivity contribution in [3.05, 3.63) is 0 Å². The van der Waals surface area contributed by atoms with Crippen LogP contribution in [0.3, 0.4) is 0 Å². The molecule has 4 heteroatoms. The number of rotatable bonds is 6. The number of carbonyl (C=O) groups is 1. The molecule has 1 atom stereocenters. The molecule has 0 saturated carbocycles. The van der Waals surface area contributed by atoms with Gasteiger partial charge in [-0.15, -0.1) is 0 Å². The molecule has 0 aromatic rings. The Hall–Kier alpha value is -0.220. The van der Waals surface area contributed by atoms with Gasteiger partial charge in [-0.05, 0) is 46.1 Å². The molecule has 0 amide bonds. The second-order valence-corrected chi connectivity index (χ2v) is 5.64. The van der Waals surface area contributed by atoms with Gasteiger partial charge in [0.2, 0.25) is 0 Å². The van der Waals surface area contributed by atoms with Gasteiger partial charge in [0.1, 0.15) is 5.60 Å². The first-order chi connectivity index (χ1) is 6.85. The van der Waals surface area contributed by atoms with Crippen LogP contribution in [0.5, 0.6) is 0 Å². The third kappa shape index (κ3) is 10.1. The summed E-state index contributed by atoms with van der Waals surface area (Å²) in [6, 6.07) is 0.366. The molecule has 0 heterocycles. The topological polar surface area (TPSA) is 38.3 Å². The standard InChI is InChI=1S/C11H23NO2S/c1-9(6-7-15-5)12-8-10(13)14-11(2,3)4/h9,12H,6-8H2,1-5H3. The summed E-state index contributed by atoms with van der Waals surface area (Å²) < 4.78 is 5.19. The van der Waals surface area contributed by atoms with E-state index in [0.717, 1.165) is 12.2 Å². The number of hydrogen-bond acceptors (Lipinski definition) is 4. The van der Waals surface area contributed by atoms with Crippen molar-refractivity contribution in [2.45, 2.75) is 45.8 Å². The van der Waals surface area contributed by atoms with Gasteiger partial charge in [0.15, 0.2) is 0 Å². The highest BCUT2D eigenvalue weighted by atomic mass is 32.2. The Kier molecular flexibility index (Phi) is 7.02. The minimum Gasteiger partial charge on any atom is -0.459 e. The highest BCUT2D eigenvalue weighted by Crippen LogP contribution is 2.06. The zero-order valence-electron chi connectivity index (χ0n) is 10.4. The van der Waals surface area contributed by atoms with E-state index < -0.39 is 0 Å². The first-order valence-electron chi connectivity index (χ1n) is 5.29. The minimum atomic E-state index is -0.388. The summed E-state index contributed by atoms with van der Waals surface area (Å²) in [6.45, 7) is 8.01. The molecule has 0 fully saturated rings. The summed E-state index contributed by atoms with van der Waals surface area (Å²) in [5.74, 6) is 0.932. The molecule has 1 unspecified atom stereocenters. The zero-order chi connectivity index (χ0) is 11.9. The van der Waals surface area contributed by atoms with Crippen LogP contribution in [-0.2, 0) is 9.53 Å². The molecule has 0 bridgehead atoms. The quantitative estimate of drug-likeness (QED) is 0.713. The lowest BCUT2D eigenvalue weighted by Gasteiger charge is -2.20. The van der Waals surface area contributed by atoms with Crippen molar-refractivity contribution in [2.75, 3.05) is 18.6 Å². The van der Waals surface area contributed by atoms with E-state index in [1.165, 1.54) is 0 Å². The largest absolute Gasteiger partial charge is 0.459 e. The highest BCUT2D eigenvalue weighted by Gasteiger charge is 2.16. The summed E-state index contributed by atoms with van der Waals surface area (Å²) in [6.07, 6.45) is 3.16. The van der Waals surface area contributed by atoms with Gasteiger partial charge in [-0.1, -0.05) is 0 Å². The van der Waals surface area contributed by atoms with Gasteiger partial charge in [-0.3, -0.25) is 4.79 Å². The van der Waals surface area contributed by atoms with Crippen molar-refractivity contribution in [2.24, 2.45) is 0 Å². The molecule has 0 aliphatic carbocycles. The van der Waals surface area contributed by atoms with Crippen LogP contribution in [0.4, 0.5) is 0 Å². The van der Waals surface area contributed by atoms with E-state index >= 15 is 0 Å². The second-order valence-electron chi connectivity index (χ2n) is 4.65. The van der Waals surface area contributed by atoms with Crippen molar-refractivity contribution in [3.8, 4) is 0 Å². The molecule has 3 nitrogen and oxygen atoms in total. The smallest absolute Gasteiger partial charge is 0.320 e. The van der Waals surface area contributed by atoms with E-state index in [1.807, 2.05) is 32.5 Å². The molecule has 90 valence electrons. The summed E-state index contributed by atoms with van der Waals surface area (Å²) in [7, 11) is 0. The van der Waals surface area contributed by atoms with Gasteiger partial charge in [-0.2, -0.15) is 11.8 Å². The van der Waals surface area contributed by atoms with Gasteiger partial charge >= 0.3 is 5.97 Å². The molecule has 0 aromatic carbocycles. The molecule has 15 heavy (non-hydrogen) atoms. The van der Waals surface area contributed by atoms with Crippen molar-refractivity contribution >= 4 is 17.7 Å². The number of hydrogen-bond donors (Lipinski definition) is 1. The van der Waals surface area contributed by atoms with Crippen LogP contribution in [0.25, 0.3) is 0 Å². The Bertz CT molecular complexity index is 190. The van der Waals surface area contributed by atoms with E-state index in [-0.39, 0.29) is 11.6 Å². The molecular weight excluding hydrogens is 210 g/mol. The SMILES string of the molecule is CSCCC(C)NCC(=O)OC(C)(C)C. The van der Waals surface area contributed by atoms with E-state index in [4.69, 9.17) is 4.74 Å². The Morgan fingerprint density at radius 2 is 2.07 bits per heavy atom. The van der Waals surface area contributed by atoms with Gasteiger partial charge in [-0.25, -0.2) is 0 Å². The second kappa shape index (κ2) is 7.12. The molecule has 0 aliphatic heterocycles. The first-order valence-corrected chi connectivity index (χ1v) is 6.68. The van der Waals surface area contributed by atoms with E-state index in [0.29, 0.717) is 12.6 Å². The average Bonchev–Trinajstić information content (AvgIpc) is 2.08. The monoisotopic (exact) mass is 233 g/mol. The van der Waals surface area contributed by atoms with Crippen molar-refractivity contribution in [1.29, 1.82) is 0 Å². The fourth-order valence-corrected chi connectivity index (χ4v) is 1.62. The molecule has 0 aromatic heterocycles. The number of ether oxygens (including phenoxy) is 1. The van der Waals surface area contributed by atoms with Crippen LogP contribution in [0.2, 0.25) is 0 Å². The molecule has 1 N–H and O–H groups in total. The minimum absolute atomic E-state index is 0.182. The average molecular weight is 233 g/mol. The lowest BCUT2D eigenvalue weighted by Crippen LogP contribution is -2.36. The van der Waals surface area contributed by atoms with Crippen LogP contribution in [0, 0.1) is 0 Å². The lowest BCUT2D eigenvalue weighted by molar-refractivity contribution is -0.153. The Morgan fingerprint density at radius 1 is 1.47 bits per heavy atom. The molecule has 0 aliphatic rings. The first kappa shape index (κ1) is 14.8. The predicted octanol–water partition coefficient (Wildman–Crippen LogP) is 2.06. The van der Waals surface area contributed by atoms with Crippen LogP contribution in [0.15, 0.2) is 0 Å². The third-order valence-electron chi connectivity index (χ3n) is 1.77. The predicted molar refractivity (Wildman–Crippen MR) is 66.3 cm³/mol. The van der Waals surface area contributed by atoms with Crippen molar-refractivity contribution in [3.63, 3.8) is 0 Å². The van der Waals surface area contributed by atoms with Gasteiger partial charge in [0, 0.05) is 6.04 Å². The molecule has 0 rings (SSSR count). The van der Waals surface area contributed by atoms with Crippen LogP contribution in [0.1, 0.15) is 34.1 Å². The number of carbonyl (C=O) groups excluding carboxylic acids is 1. The third-order valence-corrected chi connectivity index (χ3v) is 2.41. The summed E-state index contributed by atoms with van der Waals surface area (Å²) in [5, 5.41) is 3.15. The normalized spacial score (nSPS) is 13.7. The van der Waals surface area contributed by atoms with E-state index in [2.05, 4.69) is 18.5 Å². The maximum Gasteiger partial charge on any atom is 0.320 e. The highest BCUT2D eigenvalue weighted by molar-refractivity contribution is 7.98. The summed E-state index contributed by atoms with van der Waals surface area (Å²) in [5.41, 5.74) is -0.388. The Balaban J connectivity index is 3.62. The van der Waals surface area contributed by atoms with Crippen LogP contribution < -0.4 is 5.32 Å². The number of nitrogens with one attached hydrogen (secondary N) is 1. The van der Waals surface area contributed by atoms with Gasteiger partial charge < -0.3 is 10.1 Å². The maximum absolute atomic E-state index is 11.3. The van der Waals surface area contributed by atoms with Gasteiger partial charge in [0.25, 0.3) is 0 Å². The van der Waals surface area contributed by atoms with E-state index in [9.17, 15) is 4.79 Å². The lowest BCUT2D eigenvalue weighted by atomic mass is 10.2. The zero-order valence-corrected chi connectivity index (χ0v) is 11.2. The summed E-state index contributed by atoms with van der Waals surface area (Å²) >= 11 is 1.82. The van der Waals surface area contributed by atoms with E-state index in [1.54, 1.807) is 0 Å².